The van der Waals surface area contributed by atoms with Gasteiger partial charge in [0, 0.05) is 0 Å². The van der Waals surface area contributed by atoms with Gasteiger partial charge >= 0.3 is 24.8 Å². The van der Waals surface area contributed by atoms with Gasteiger partial charge in [0.15, 0.2) is 5.75 Å². The second-order valence-electron chi connectivity index (χ2n) is 1.38. The van der Waals surface area contributed by atoms with Gasteiger partial charge in [0.05, 0.1) is 7.11 Å². The molecule has 0 aromatic heterocycles. The topological polar surface area (TPSA) is 86.5 Å². The number of nitrogens with two attached hydrogens (primary N) is 1. The Balaban J connectivity index is 0. The molecule has 7 heteroatoms. The molecular formula is C3H8LiNO4S. The van der Waals surface area contributed by atoms with Crippen LogP contribution < -0.4 is 5.14 Å². The van der Waals surface area contributed by atoms with Crippen molar-refractivity contribution in [1.82, 2.24) is 0 Å². The Morgan fingerprint density at radius 2 is 2.00 bits per heavy atom. The van der Waals surface area contributed by atoms with E-state index in [-0.39, 0.29) is 18.9 Å². The Labute approximate surface area is 71.1 Å². The molecule has 0 aliphatic carbocycles. The van der Waals surface area contributed by atoms with Crippen molar-refractivity contribution in [2.75, 3.05) is 12.9 Å². The first-order valence-electron chi connectivity index (χ1n) is 2.03. The van der Waals surface area contributed by atoms with Crippen LogP contribution in [0.2, 0.25) is 0 Å². The maximum absolute atomic E-state index is 10.1. The molecule has 0 saturated heterocycles. The van der Waals surface area contributed by atoms with Gasteiger partial charge in [-0.1, -0.05) is 0 Å². The molecule has 0 atom stereocenters. The van der Waals surface area contributed by atoms with Crippen LogP contribution in [-0.4, -0.2) is 46.1 Å². The summed E-state index contributed by atoms with van der Waals surface area (Å²) in [4.78, 5) is 10.1. The number of primary sulfonamides is 1. The molecule has 0 aliphatic rings. The van der Waals surface area contributed by atoms with Crippen LogP contribution in [0, 0.1) is 0 Å². The molecule has 0 radical (unpaired) electrons. The molecule has 0 aliphatic heterocycles. The van der Waals surface area contributed by atoms with Crippen LogP contribution in [0.4, 0.5) is 0 Å². The summed E-state index contributed by atoms with van der Waals surface area (Å²) >= 11 is 0. The molecular weight excluding hydrogens is 153 g/mol. The van der Waals surface area contributed by atoms with Crippen molar-refractivity contribution in [2.24, 2.45) is 5.14 Å². The van der Waals surface area contributed by atoms with Crippen molar-refractivity contribution < 1.29 is 17.9 Å². The summed E-state index contributed by atoms with van der Waals surface area (Å²) < 4.78 is 24.2. The second kappa shape index (κ2) is 4.74. The number of methoxy groups -OCH3 is 1. The molecule has 0 rings (SSSR count). The fourth-order valence-electron chi connectivity index (χ4n) is 0.223. The molecule has 0 fully saturated rings. The van der Waals surface area contributed by atoms with E-state index in [4.69, 9.17) is 0 Å². The van der Waals surface area contributed by atoms with Crippen molar-refractivity contribution in [2.45, 2.75) is 0 Å². The quantitative estimate of drug-likeness (QED) is 0.367. The maximum atomic E-state index is 10.1. The number of esters is 1. The van der Waals surface area contributed by atoms with Gasteiger partial charge in [-0.25, -0.2) is 13.6 Å². The van der Waals surface area contributed by atoms with E-state index in [1.807, 2.05) is 0 Å². The van der Waals surface area contributed by atoms with Crippen molar-refractivity contribution in [1.29, 1.82) is 0 Å². The van der Waals surface area contributed by atoms with E-state index >= 15 is 0 Å². The Morgan fingerprint density at radius 3 is 2.10 bits per heavy atom. The average Bonchev–Trinajstić information content (AvgIpc) is 1.62. The first kappa shape index (κ1) is 12.6. The molecule has 0 aromatic rings. The van der Waals surface area contributed by atoms with Gasteiger partial charge in [-0.3, -0.25) is 4.79 Å². The molecule has 0 spiro atoms. The summed E-state index contributed by atoms with van der Waals surface area (Å²) in [6, 6.07) is 0. The Kier molecular flexibility index (Phi) is 5.99. The van der Waals surface area contributed by atoms with Crippen LogP contribution in [0.15, 0.2) is 0 Å². The molecule has 10 heavy (non-hydrogen) atoms. The van der Waals surface area contributed by atoms with Gasteiger partial charge in [0.2, 0.25) is 10.0 Å². The van der Waals surface area contributed by atoms with Crippen LogP contribution in [0.3, 0.4) is 0 Å². The first-order valence-corrected chi connectivity index (χ1v) is 3.74. The standard InChI is InChI=1S/C3H7NO4S.Li.H/c1-8-3(5)2-9(4,6)7;;/h2H2,1H3,(H2,4,6,7);;. The zero-order valence-corrected chi connectivity index (χ0v) is 5.64. The first-order chi connectivity index (χ1) is 3.95. The Hall–Kier alpha value is -0.0226. The van der Waals surface area contributed by atoms with Crippen LogP contribution in [0.5, 0.6) is 0 Å². The minimum absolute atomic E-state index is 0. The molecule has 0 bridgehead atoms. The van der Waals surface area contributed by atoms with E-state index in [1.54, 1.807) is 0 Å². The fraction of sp³-hybridized carbons (Fsp3) is 0.667. The number of rotatable bonds is 2. The fourth-order valence-corrected chi connectivity index (χ4v) is 0.670. The van der Waals surface area contributed by atoms with Gasteiger partial charge in [-0.2, -0.15) is 0 Å². The minimum atomic E-state index is -3.71. The molecule has 2 N–H and O–H groups in total. The van der Waals surface area contributed by atoms with E-state index in [2.05, 4.69) is 9.88 Å². The molecule has 0 heterocycles. The third kappa shape index (κ3) is 7.98. The van der Waals surface area contributed by atoms with E-state index in [1.165, 1.54) is 0 Å². The monoisotopic (exact) mass is 161 g/mol. The average molecular weight is 161 g/mol. The summed E-state index contributed by atoms with van der Waals surface area (Å²) in [6.45, 7) is 0. The summed E-state index contributed by atoms with van der Waals surface area (Å²) in [5, 5.41) is 4.48. The molecule has 0 saturated carbocycles. The SMILES string of the molecule is COC(=O)CS(N)(=O)=O.[LiH]. The molecule has 0 aromatic carbocycles. The van der Waals surface area contributed by atoms with E-state index in [0.29, 0.717) is 0 Å². The number of sulfonamides is 1. The number of hydrogen-bond donors (Lipinski definition) is 1. The van der Waals surface area contributed by atoms with Crippen LogP contribution in [-0.2, 0) is 19.6 Å². The molecule has 0 unspecified atom stereocenters. The Morgan fingerprint density at radius 1 is 1.60 bits per heavy atom. The predicted molar refractivity (Wildman–Crippen MR) is 37.1 cm³/mol. The second-order valence-corrected chi connectivity index (χ2v) is 3.00. The summed E-state index contributed by atoms with van der Waals surface area (Å²) in [7, 11) is -2.62. The predicted octanol–water partition coefficient (Wildman–Crippen LogP) is -2.20. The summed E-state index contributed by atoms with van der Waals surface area (Å²) in [5.41, 5.74) is 0. The molecule has 56 valence electrons. The van der Waals surface area contributed by atoms with Crippen molar-refractivity contribution in [3.8, 4) is 0 Å². The summed E-state index contributed by atoms with van der Waals surface area (Å²) in [6.07, 6.45) is 0. The number of ether oxygens (including phenoxy) is 1. The van der Waals surface area contributed by atoms with Crippen LogP contribution in [0.25, 0.3) is 0 Å². The number of carbonyl (C=O) groups excluding carboxylic acids is 1. The van der Waals surface area contributed by atoms with Gasteiger partial charge in [-0.05, 0) is 0 Å². The third-order valence-corrected chi connectivity index (χ3v) is 1.18. The molecule has 0 amide bonds. The van der Waals surface area contributed by atoms with Gasteiger partial charge in [0.1, 0.15) is 0 Å². The third-order valence-electron chi connectivity index (χ3n) is 0.547. The number of carbonyl (C=O) groups is 1. The van der Waals surface area contributed by atoms with Crippen molar-refractivity contribution in [3.05, 3.63) is 0 Å². The molecule has 5 nitrogen and oxygen atoms in total. The summed E-state index contributed by atoms with van der Waals surface area (Å²) in [5.74, 6) is -1.61. The van der Waals surface area contributed by atoms with Crippen molar-refractivity contribution in [3.63, 3.8) is 0 Å². The van der Waals surface area contributed by atoms with Gasteiger partial charge < -0.3 is 4.74 Å². The normalized spacial score (nSPS) is 9.80. The van der Waals surface area contributed by atoms with Crippen molar-refractivity contribution >= 4 is 34.9 Å². The zero-order chi connectivity index (χ0) is 7.49. The zero-order valence-electron chi connectivity index (χ0n) is 4.83. The van der Waals surface area contributed by atoms with Crippen LogP contribution >= 0.6 is 0 Å². The van der Waals surface area contributed by atoms with Gasteiger partial charge in [-0.15, -0.1) is 0 Å². The van der Waals surface area contributed by atoms with E-state index in [9.17, 15) is 13.2 Å². The van der Waals surface area contributed by atoms with Crippen LogP contribution in [0.1, 0.15) is 0 Å². The number of hydrogen-bond acceptors (Lipinski definition) is 4. The van der Waals surface area contributed by atoms with E-state index < -0.39 is 21.7 Å². The van der Waals surface area contributed by atoms with Gasteiger partial charge in [0.25, 0.3) is 0 Å². The van der Waals surface area contributed by atoms with E-state index in [0.717, 1.165) is 7.11 Å². The Bertz CT molecular complexity index is 199.